The Balaban J connectivity index is 2.62. The van der Waals surface area contributed by atoms with Crippen LogP contribution in [0, 0.1) is 11.8 Å². The second-order valence-electron chi connectivity index (χ2n) is 7.08. The number of allylic oxidation sites excluding steroid dienone is 2. The zero-order chi connectivity index (χ0) is 20.1. The van der Waals surface area contributed by atoms with Gasteiger partial charge in [-0.05, 0) is 25.7 Å². The van der Waals surface area contributed by atoms with E-state index in [4.69, 9.17) is 14.2 Å². The molecule has 1 fully saturated rings. The van der Waals surface area contributed by atoms with Gasteiger partial charge in [-0.25, -0.2) is 0 Å². The largest absolute Gasteiger partial charge is 0.481 e. The van der Waals surface area contributed by atoms with Crippen LogP contribution in [-0.2, 0) is 18.6 Å². The number of carboxylic acid groups (broad SMARTS) is 1. The zero-order valence-corrected chi connectivity index (χ0v) is 18.5. The van der Waals surface area contributed by atoms with E-state index in [1.165, 1.54) is 12.8 Å². The first-order valence-electron chi connectivity index (χ1n) is 9.82. The van der Waals surface area contributed by atoms with Crippen LogP contribution in [0.3, 0.4) is 0 Å². The Bertz CT molecular complexity index is 507. The van der Waals surface area contributed by atoms with Crippen molar-refractivity contribution in [2.45, 2.75) is 76.9 Å². The molecule has 0 aromatic rings. The summed E-state index contributed by atoms with van der Waals surface area (Å²) in [5.74, 6) is -0.609. The Morgan fingerprint density at radius 1 is 1.30 bits per heavy atom. The molecule has 27 heavy (non-hydrogen) atoms. The predicted molar refractivity (Wildman–Crippen MR) is 114 cm³/mol. The standard InChI is InChI=1S/C20H34O5P2/c1-2-3-6-9-15(24-26)12-13-17-16(18(21)14-19(17)25-27)10-7-4-5-8-11-20(22)23/h4,7,12-13,15-17,19H,2-3,5-6,8-11,14,26-27H2,1H3,(H,22,23)/b7-4-,13-12+/t15?,16-,17-,19?/m1/s1. The number of rotatable bonds is 14. The van der Waals surface area contributed by atoms with Gasteiger partial charge in [0.25, 0.3) is 0 Å². The number of hydrogen-bond acceptors (Lipinski definition) is 4. The number of ketones is 1. The fourth-order valence-corrected chi connectivity index (χ4v) is 3.94. The van der Waals surface area contributed by atoms with Crippen molar-refractivity contribution >= 4 is 30.7 Å². The lowest BCUT2D eigenvalue weighted by Gasteiger charge is -2.19. The molecule has 154 valence electrons. The molecule has 4 unspecified atom stereocenters. The number of unbranched alkanes of at least 4 members (excludes halogenated alkanes) is 3. The lowest BCUT2D eigenvalue weighted by molar-refractivity contribution is -0.137. The van der Waals surface area contributed by atoms with Crippen LogP contribution in [-0.4, -0.2) is 29.1 Å². The fourth-order valence-electron chi connectivity index (χ4n) is 3.43. The van der Waals surface area contributed by atoms with Gasteiger partial charge >= 0.3 is 5.97 Å². The van der Waals surface area contributed by atoms with Crippen molar-refractivity contribution in [3.05, 3.63) is 24.3 Å². The third kappa shape index (κ3) is 9.43. The van der Waals surface area contributed by atoms with E-state index in [2.05, 4.69) is 38.0 Å². The Labute approximate surface area is 167 Å². The van der Waals surface area contributed by atoms with Gasteiger partial charge in [-0.3, -0.25) is 9.59 Å². The molecule has 0 amide bonds. The second-order valence-corrected chi connectivity index (χ2v) is 7.62. The molecule has 0 heterocycles. The SMILES string of the molecule is CCCCCC(/C=C/[C@H]1C(OP)CC(=O)[C@@H]1C/C=C\CCCC(=O)O)OP. The normalized spacial score (nSPS) is 24.3. The molecule has 1 aliphatic rings. The van der Waals surface area contributed by atoms with Gasteiger partial charge in [0.05, 0.1) is 12.2 Å². The van der Waals surface area contributed by atoms with E-state index in [-0.39, 0.29) is 36.2 Å². The van der Waals surface area contributed by atoms with Crippen LogP contribution in [0.1, 0.15) is 64.7 Å². The van der Waals surface area contributed by atoms with Crippen molar-refractivity contribution in [3.8, 4) is 0 Å². The number of carbonyl (C=O) groups is 2. The zero-order valence-electron chi connectivity index (χ0n) is 16.2. The van der Waals surface area contributed by atoms with Crippen LogP contribution < -0.4 is 0 Å². The van der Waals surface area contributed by atoms with Gasteiger partial charge in [0.15, 0.2) is 0 Å². The van der Waals surface area contributed by atoms with Crippen LogP contribution in [0.15, 0.2) is 24.3 Å². The Morgan fingerprint density at radius 3 is 2.70 bits per heavy atom. The molecule has 0 aromatic carbocycles. The summed E-state index contributed by atoms with van der Waals surface area (Å²) in [6.45, 7) is 2.18. The summed E-state index contributed by atoms with van der Waals surface area (Å²) in [7, 11) is 4.62. The first-order valence-corrected chi connectivity index (χ1v) is 10.8. The van der Waals surface area contributed by atoms with E-state index in [1.807, 2.05) is 12.2 Å². The molecule has 7 heteroatoms. The summed E-state index contributed by atoms with van der Waals surface area (Å²) in [6, 6.07) is 0. The average molecular weight is 416 g/mol. The molecule has 0 spiro atoms. The topological polar surface area (TPSA) is 72.8 Å². The minimum Gasteiger partial charge on any atom is -0.481 e. The van der Waals surface area contributed by atoms with Crippen molar-refractivity contribution in [1.29, 1.82) is 0 Å². The van der Waals surface area contributed by atoms with E-state index in [0.29, 0.717) is 19.3 Å². The maximum Gasteiger partial charge on any atom is 0.303 e. The predicted octanol–water partition coefficient (Wildman–Crippen LogP) is 4.88. The van der Waals surface area contributed by atoms with Gasteiger partial charge in [0.2, 0.25) is 0 Å². The van der Waals surface area contributed by atoms with Crippen molar-refractivity contribution in [1.82, 2.24) is 0 Å². The van der Waals surface area contributed by atoms with Gasteiger partial charge in [0, 0.05) is 43.6 Å². The lowest BCUT2D eigenvalue weighted by Crippen LogP contribution is -2.19. The van der Waals surface area contributed by atoms with Crippen molar-refractivity contribution in [2.75, 3.05) is 0 Å². The monoisotopic (exact) mass is 416 g/mol. The average Bonchev–Trinajstić information content (AvgIpc) is 2.95. The second kappa shape index (κ2) is 14.4. The van der Waals surface area contributed by atoms with Gasteiger partial charge in [0.1, 0.15) is 5.78 Å². The number of hydrogen-bond donors (Lipinski definition) is 1. The highest BCUT2D eigenvalue weighted by Crippen LogP contribution is 2.36. The highest BCUT2D eigenvalue weighted by Gasteiger charge is 2.40. The van der Waals surface area contributed by atoms with Gasteiger partial charge in [-0.2, -0.15) is 0 Å². The summed E-state index contributed by atoms with van der Waals surface area (Å²) < 4.78 is 10.9. The quantitative estimate of drug-likeness (QED) is 0.248. The molecule has 0 aromatic heterocycles. The number of Topliss-reactive ketones (excluding diaryl/α,β-unsaturated/α-hetero) is 1. The van der Waals surface area contributed by atoms with E-state index in [0.717, 1.165) is 19.3 Å². The minimum absolute atomic E-state index is 0.0347. The summed E-state index contributed by atoms with van der Waals surface area (Å²) >= 11 is 0. The van der Waals surface area contributed by atoms with Gasteiger partial charge in [-0.1, -0.05) is 50.5 Å². The molecule has 1 rings (SSSR count). The lowest BCUT2D eigenvalue weighted by atomic mass is 9.90. The summed E-state index contributed by atoms with van der Waals surface area (Å²) in [6.07, 6.45) is 15.1. The van der Waals surface area contributed by atoms with Crippen LogP contribution in [0.25, 0.3) is 0 Å². The van der Waals surface area contributed by atoms with Crippen LogP contribution in [0.4, 0.5) is 0 Å². The molecule has 1 N–H and O–H groups in total. The van der Waals surface area contributed by atoms with Crippen molar-refractivity contribution < 1.29 is 23.7 Å². The van der Waals surface area contributed by atoms with E-state index in [9.17, 15) is 9.59 Å². The summed E-state index contributed by atoms with van der Waals surface area (Å²) in [4.78, 5) is 22.9. The van der Waals surface area contributed by atoms with E-state index < -0.39 is 5.97 Å². The third-order valence-corrected chi connectivity index (χ3v) is 5.72. The van der Waals surface area contributed by atoms with Crippen LogP contribution in [0.2, 0.25) is 0 Å². The highest BCUT2D eigenvalue weighted by molar-refractivity contribution is 7.10. The summed E-state index contributed by atoms with van der Waals surface area (Å²) in [5, 5.41) is 8.66. The molecule has 1 aliphatic carbocycles. The number of carboxylic acids is 1. The molecule has 5 nitrogen and oxygen atoms in total. The first-order chi connectivity index (χ1) is 13.0. The molecule has 6 atom stereocenters. The third-order valence-electron chi connectivity index (χ3n) is 5.02. The maximum atomic E-state index is 12.4. The highest BCUT2D eigenvalue weighted by atomic mass is 31.0. The van der Waals surface area contributed by atoms with Gasteiger partial charge in [-0.15, -0.1) is 0 Å². The molecular weight excluding hydrogens is 382 g/mol. The molecular formula is C20H34O5P2. The van der Waals surface area contributed by atoms with Crippen LogP contribution >= 0.6 is 18.9 Å². The summed E-state index contributed by atoms with van der Waals surface area (Å²) in [5.41, 5.74) is 0. The molecule has 0 radical (unpaired) electrons. The molecule has 0 bridgehead atoms. The van der Waals surface area contributed by atoms with Crippen molar-refractivity contribution in [2.24, 2.45) is 11.8 Å². The Morgan fingerprint density at radius 2 is 2.07 bits per heavy atom. The van der Waals surface area contributed by atoms with E-state index >= 15 is 0 Å². The van der Waals surface area contributed by atoms with Gasteiger partial charge < -0.3 is 14.2 Å². The van der Waals surface area contributed by atoms with Crippen LogP contribution in [0.5, 0.6) is 0 Å². The molecule has 0 aliphatic heterocycles. The van der Waals surface area contributed by atoms with E-state index in [1.54, 1.807) is 0 Å². The Kier molecular flexibility index (Phi) is 13.0. The maximum absolute atomic E-state index is 12.4. The molecule has 0 saturated heterocycles. The minimum atomic E-state index is -0.773. The Hall–Kier alpha value is -0.600. The smallest absolute Gasteiger partial charge is 0.303 e. The first kappa shape index (κ1) is 24.4. The number of carbonyl (C=O) groups excluding carboxylic acids is 1. The molecule has 1 saturated carbocycles. The fraction of sp³-hybridized carbons (Fsp3) is 0.700. The number of aliphatic carboxylic acids is 1. The van der Waals surface area contributed by atoms with Crippen molar-refractivity contribution in [3.63, 3.8) is 0 Å².